The Bertz CT molecular complexity index is 1920. The Morgan fingerprint density at radius 1 is 0.721 bits per heavy atom. The highest BCUT2D eigenvalue weighted by molar-refractivity contribution is 6.33. The number of rotatable bonds is 3. The average Bonchev–Trinajstić information content (AvgIpc) is 3.56. The van der Waals surface area contributed by atoms with Crippen LogP contribution in [0.5, 0.6) is 0 Å². The maximum atomic E-state index is 11.9. The topological polar surface area (TPSA) is 114 Å². The summed E-state index contributed by atoms with van der Waals surface area (Å²) >= 11 is 16.9. The molecule has 0 fully saturated rings. The Kier molecular flexibility index (Phi) is 10.3. The van der Waals surface area contributed by atoms with Crippen LogP contribution >= 0.6 is 34.8 Å². The van der Waals surface area contributed by atoms with E-state index >= 15 is 0 Å². The zero-order chi connectivity index (χ0) is 31.1. The summed E-state index contributed by atoms with van der Waals surface area (Å²) < 4.78 is 13.3. The first-order chi connectivity index (χ1) is 20.6. The number of halogens is 3. The maximum absolute atomic E-state index is 11.9. The van der Waals surface area contributed by atoms with Gasteiger partial charge in [0.15, 0.2) is 0 Å². The van der Waals surface area contributed by atoms with Gasteiger partial charge < -0.3 is 18.6 Å². The summed E-state index contributed by atoms with van der Waals surface area (Å²) in [6.07, 6.45) is 6.59. The van der Waals surface area contributed by atoms with Crippen LogP contribution in [-0.4, -0.2) is 55.2 Å². The van der Waals surface area contributed by atoms with Gasteiger partial charge in [0.05, 0.1) is 19.9 Å². The van der Waals surface area contributed by atoms with Crippen LogP contribution in [0.15, 0.2) is 79.4 Å². The number of carbonyl (C=O) groups is 2. The normalized spacial score (nSPS) is 10.4. The fourth-order valence-electron chi connectivity index (χ4n) is 4.17. The third-order valence-electron chi connectivity index (χ3n) is 6.23. The zero-order valence-electron chi connectivity index (χ0n) is 23.5. The molecule has 0 N–H and O–H groups in total. The molecule has 220 valence electrons. The van der Waals surface area contributed by atoms with E-state index in [9.17, 15) is 9.59 Å². The minimum Gasteiger partial charge on any atom is -0.465 e. The summed E-state index contributed by atoms with van der Waals surface area (Å²) in [5, 5.41) is 2.37. The number of hydrogen-bond donors (Lipinski definition) is 0. The molecule has 4 aromatic heterocycles. The number of benzene rings is 2. The predicted molar refractivity (Wildman–Crippen MR) is 167 cm³/mol. The molecule has 0 saturated carbocycles. The minimum atomic E-state index is -0.586. The number of esters is 2. The lowest BCUT2D eigenvalue weighted by Crippen LogP contribution is -2.06. The highest BCUT2D eigenvalue weighted by Crippen LogP contribution is 2.31. The van der Waals surface area contributed by atoms with E-state index in [-0.39, 0.29) is 21.3 Å². The summed E-state index contributed by atoms with van der Waals surface area (Å²) in [6.45, 7) is 0. The number of aromatic nitrogens is 6. The Labute approximate surface area is 261 Å². The average molecular weight is 640 g/mol. The summed E-state index contributed by atoms with van der Waals surface area (Å²) in [5.41, 5.74) is 4.01. The third-order valence-corrected chi connectivity index (χ3v) is 6.88. The van der Waals surface area contributed by atoms with Crippen molar-refractivity contribution < 1.29 is 19.1 Å². The predicted octanol–water partition coefficient (Wildman–Crippen LogP) is 6.82. The van der Waals surface area contributed by atoms with Crippen LogP contribution < -0.4 is 0 Å². The van der Waals surface area contributed by atoms with Crippen LogP contribution in [0.4, 0.5) is 0 Å². The van der Waals surface area contributed by atoms with E-state index in [0.29, 0.717) is 11.3 Å². The molecule has 10 nitrogen and oxygen atoms in total. The number of hydrogen-bond acceptors (Lipinski definition) is 8. The Hall–Kier alpha value is -4.51. The number of para-hydroxylation sites is 2. The van der Waals surface area contributed by atoms with Crippen molar-refractivity contribution >= 4 is 68.5 Å². The molecule has 0 bridgehead atoms. The monoisotopic (exact) mass is 638 g/mol. The quantitative estimate of drug-likeness (QED) is 0.118. The molecule has 0 saturated heterocycles. The molecule has 43 heavy (non-hydrogen) atoms. The smallest absolute Gasteiger partial charge is 0.342 e. The molecule has 2 aromatic carbocycles. The van der Waals surface area contributed by atoms with Gasteiger partial charge in [0.1, 0.15) is 16.3 Å². The first kappa shape index (κ1) is 31.4. The number of nitrogens with zero attached hydrogens (tertiary/aromatic N) is 6. The summed E-state index contributed by atoms with van der Waals surface area (Å²) in [6, 6.07) is 18.3. The Morgan fingerprint density at radius 2 is 1.30 bits per heavy atom. The van der Waals surface area contributed by atoms with Crippen molar-refractivity contribution in [1.29, 1.82) is 0 Å². The van der Waals surface area contributed by atoms with Crippen LogP contribution in [0, 0.1) is 0 Å². The van der Waals surface area contributed by atoms with Gasteiger partial charge in [-0.3, -0.25) is 0 Å². The van der Waals surface area contributed by atoms with E-state index < -0.39 is 11.9 Å². The van der Waals surface area contributed by atoms with Crippen molar-refractivity contribution in [3.05, 3.63) is 106 Å². The standard InChI is InChI=1S/C15H12ClN3O2.C9H9N.C6H4Cl2N2O2/c1-19-8-11(9-5-3-4-6-12(9)19)13-10(14(20)21-2)7-17-15(16)18-13;1-10-7-6-8-4-2-3-5-9(8)10;1-12-5(11)3-2-9-6(8)10-4(3)7/h3-8H,1-2H3;2-7H,1H3;2H,1H3. The minimum absolute atomic E-state index is 0.00680. The lowest BCUT2D eigenvalue weighted by atomic mass is 10.1. The first-order valence-corrected chi connectivity index (χ1v) is 13.7. The fraction of sp³-hybridized carbons (Fsp3) is 0.133. The fourth-order valence-corrected chi connectivity index (χ4v) is 4.68. The Balaban J connectivity index is 0.000000162. The van der Waals surface area contributed by atoms with E-state index in [1.165, 1.54) is 37.5 Å². The van der Waals surface area contributed by atoms with Crippen LogP contribution in [0.1, 0.15) is 20.7 Å². The molecular formula is C30H25Cl3N6O4. The van der Waals surface area contributed by atoms with Gasteiger partial charge in [-0.15, -0.1) is 0 Å². The second-order valence-corrected chi connectivity index (χ2v) is 9.92. The molecule has 4 heterocycles. The maximum Gasteiger partial charge on any atom is 0.342 e. The molecule has 0 atom stereocenters. The first-order valence-electron chi connectivity index (χ1n) is 12.6. The van der Waals surface area contributed by atoms with Gasteiger partial charge in [-0.1, -0.05) is 48.0 Å². The van der Waals surface area contributed by atoms with E-state index in [2.05, 4.69) is 72.8 Å². The third kappa shape index (κ3) is 7.29. The molecule has 6 aromatic rings. The molecule has 0 aliphatic rings. The van der Waals surface area contributed by atoms with E-state index in [1.54, 1.807) is 0 Å². The van der Waals surface area contributed by atoms with Crippen molar-refractivity contribution in [2.75, 3.05) is 14.2 Å². The molecule has 6 rings (SSSR count). The number of aryl methyl sites for hydroxylation is 2. The molecule has 0 amide bonds. The molecule has 0 unspecified atom stereocenters. The second kappa shape index (κ2) is 14.1. The molecule has 0 aliphatic carbocycles. The highest BCUT2D eigenvalue weighted by atomic mass is 35.5. The summed E-state index contributed by atoms with van der Waals surface area (Å²) in [7, 11) is 6.56. The largest absolute Gasteiger partial charge is 0.465 e. The van der Waals surface area contributed by atoms with Crippen LogP contribution in [0.3, 0.4) is 0 Å². The van der Waals surface area contributed by atoms with Gasteiger partial charge in [0.2, 0.25) is 10.6 Å². The number of fused-ring (bicyclic) bond motifs is 2. The van der Waals surface area contributed by atoms with Gasteiger partial charge in [-0.2, -0.15) is 0 Å². The van der Waals surface area contributed by atoms with E-state index in [4.69, 9.17) is 39.5 Å². The van der Waals surface area contributed by atoms with Crippen molar-refractivity contribution in [1.82, 2.24) is 29.1 Å². The van der Waals surface area contributed by atoms with Gasteiger partial charge in [-0.05, 0) is 46.8 Å². The second-order valence-electron chi connectivity index (χ2n) is 8.88. The van der Waals surface area contributed by atoms with Gasteiger partial charge in [0, 0.05) is 60.9 Å². The summed E-state index contributed by atoms with van der Waals surface area (Å²) in [4.78, 5) is 38.0. The molecule has 0 spiro atoms. The van der Waals surface area contributed by atoms with E-state index in [0.717, 1.165) is 16.5 Å². The lowest BCUT2D eigenvalue weighted by Gasteiger charge is -2.06. The highest BCUT2D eigenvalue weighted by Gasteiger charge is 2.19. The van der Waals surface area contributed by atoms with Gasteiger partial charge in [0.25, 0.3) is 0 Å². The number of methoxy groups -OCH3 is 2. The van der Waals surface area contributed by atoms with Gasteiger partial charge in [-0.25, -0.2) is 29.5 Å². The van der Waals surface area contributed by atoms with E-state index in [1.807, 2.05) is 42.1 Å². The van der Waals surface area contributed by atoms with Crippen LogP contribution in [-0.2, 0) is 23.6 Å². The number of carbonyl (C=O) groups excluding carboxylic acids is 2. The number of ether oxygens (including phenoxy) is 2. The van der Waals surface area contributed by atoms with Gasteiger partial charge >= 0.3 is 11.9 Å². The van der Waals surface area contributed by atoms with Crippen LogP contribution in [0.2, 0.25) is 15.7 Å². The van der Waals surface area contributed by atoms with Crippen molar-refractivity contribution in [3.63, 3.8) is 0 Å². The van der Waals surface area contributed by atoms with Crippen molar-refractivity contribution in [2.45, 2.75) is 0 Å². The Morgan fingerprint density at radius 3 is 1.95 bits per heavy atom. The molecule has 13 heteroatoms. The van der Waals surface area contributed by atoms with Crippen molar-refractivity contribution in [3.8, 4) is 11.3 Å². The molecule has 0 radical (unpaired) electrons. The van der Waals surface area contributed by atoms with Crippen molar-refractivity contribution in [2.24, 2.45) is 14.1 Å². The summed E-state index contributed by atoms with van der Waals surface area (Å²) in [5.74, 6) is -1.08. The SMILES string of the molecule is COC(=O)c1cnc(Cl)nc1-c1cn(C)c2ccccc12.COC(=O)c1cnc(Cl)nc1Cl.Cn1ccc2ccccc21. The lowest BCUT2D eigenvalue weighted by molar-refractivity contribution is 0.0591. The molecule has 0 aliphatic heterocycles. The zero-order valence-corrected chi connectivity index (χ0v) is 25.7. The van der Waals surface area contributed by atoms with Crippen LogP contribution in [0.25, 0.3) is 33.1 Å². The molecular weight excluding hydrogens is 615 g/mol.